The third kappa shape index (κ3) is 3.16. The first kappa shape index (κ1) is 16.5. The Bertz CT molecular complexity index is 639. The smallest absolute Gasteiger partial charge is 0.317 e. The molecule has 0 aromatic heterocycles. The number of aliphatic carboxylic acids is 1. The number of halogens is 1. The number of fused-ring (bicyclic) bond motifs is 1. The van der Waals surface area contributed by atoms with E-state index in [1.807, 2.05) is 0 Å². The molecule has 2 atom stereocenters. The molecule has 1 aliphatic heterocycles. The Morgan fingerprint density at radius 1 is 1.46 bits per heavy atom. The fourth-order valence-corrected chi connectivity index (χ4v) is 3.79. The fourth-order valence-electron chi connectivity index (χ4n) is 3.79. The van der Waals surface area contributed by atoms with Gasteiger partial charge in [0.15, 0.2) is 0 Å². The molecule has 6 nitrogen and oxygen atoms in total. The van der Waals surface area contributed by atoms with E-state index in [0.717, 1.165) is 12.8 Å². The van der Waals surface area contributed by atoms with Gasteiger partial charge in [0.1, 0.15) is 18.2 Å². The quantitative estimate of drug-likeness (QED) is 0.807. The molecule has 130 valence electrons. The van der Waals surface area contributed by atoms with Gasteiger partial charge in [-0.1, -0.05) is 12.5 Å². The molecule has 0 radical (unpaired) electrons. The number of urea groups is 1. The molecule has 7 heteroatoms. The van der Waals surface area contributed by atoms with E-state index in [-0.39, 0.29) is 37.5 Å². The van der Waals surface area contributed by atoms with Crippen LogP contribution in [0.1, 0.15) is 19.3 Å². The van der Waals surface area contributed by atoms with Crippen molar-refractivity contribution in [1.29, 1.82) is 0 Å². The number of rotatable bonds is 5. The Balaban J connectivity index is 1.45. The molecule has 1 aromatic rings. The number of benzene rings is 1. The summed E-state index contributed by atoms with van der Waals surface area (Å²) in [6.45, 7) is 1.25. The zero-order valence-corrected chi connectivity index (χ0v) is 13.3. The van der Waals surface area contributed by atoms with Crippen LogP contribution in [0.2, 0.25) is 0 Å². The highest BCUT2D eigenvalue weighted by molar-refractivity contribution is 5.80. The van der Waals surface area contributed by atoms with Gasteiger partial charge in [0.05, 0.1) is 12.0 Å². The summed E-state index contributed by atoms with van der Waals surface area (Å²) in [6.07, 6.45) is 2.41. The second-order valence-corrected chi connectivity index (χ2v) is 6.47. The highest BCUT2D eigenvalue weighted by Crippen LogP contribution is 2.48. The van der Waals surface area contributed by atoms with Crippen LogP contribution in [0, 0.1) is 17.2 Å². The van der Waals surface area contributed by atoms with Crippen molar-refractivity contribution in [2.24, 2.45) is 11.3 Å². The molecule has 3 rings (SSSR count). The number of likely N-dealkylation sites (tertiary alicyclic amines) is 1. The first-order chi connectivity index (χ1) is 11.5. The third-order valence-electron chi connectivity index (χ3n) is 5.03. The number of amides is 2. The fraction of sp³-hybridized carbons (Fsp3) is 0.529. The van der Waals surface area contributed by atoms with E-state index in [4.69, 9.17) is 4.74 Å². The minimum atomic E-state index is -0.797. The molecule has 1 saturated carbocycles. The topological polar surface area (TPSA) is 78.9 Å². The predicted molar refractivity (Wildman–Crippen MR) is 84.3 cm³/mol. The largest absolute Gasteiger partial charge is 0.492 e. The summed E-state index contributed by atoms with van der Waals surface area (Å²) in [4.78, 5) is 25.4. The molecule has 1 aromatic carbocycles. The summed E-state index contributed by atoms with van der Waals surface area (Å²) in [5, 5.41) is 12.3. The van der Waals surface area contributed by atoms with E-state index in [2.05, 4.69) is 5.32 Å². The third-order valence-corrected chi connectivity index (χ3v) is 5.03. The monoisotopic (exact) mass is 336 g/mol. The molecule has 1 saturated heterocycles. The van der Waals surface area contributed by atoms with E-state index >= 15 is 0 Å². The van der Waals surface area contributed by atoms with Crippen LogP contribution in [0.5, 0.6) is 5.75 Å². The molecular weight excluding hydrogens is 315 g/mol. The zero-order valence-electron chi connectivity index (χ0n) is 13.3. The molecule has 24 heavy (non-hydrogen) atoms. The van der Waals surface area contributed by atoms with Crippen LogP contribution in [0.3, 0.4) is 0 Å². The molecule has 0 bridgehead atoms. The molecule has 2 aliphatic rings. The van der Waals surface area contributed by atoms with Crippen molar-refractivity contribution in [3.05, 3.63) is 30.1 Å². The van der Waals surface area contributed by atoms with Crippen molar-refractivity contribution in [3.8, 4) is 5.75 Å². The van der Waals surface area contributed by atoms with Gasteiger partial charge < -0.3 is 20.1 Å². The van der Waals surface area contributed by atoms with Gasteiger partial charge >= 0.3 is 12.0 Å². The summed E-state index contributed by atoms with van der Waals surface area (Å²) in [5.74, 6) is -0.720. The average Bonchev–Trinajstić information content (AvgIpc) is 3.09. The van der Waals surface area contributed by atoms with Crippen molar-refractivity contribution in [1.82, 2.24) is 10.2 Å². The number of carbonyl (C=O) groups excluding carboxylic acids is 1. The van der Waals surface area contributed by atoms with Gasteiger partial charge in [-0.3, -0.25) is 4.79 Å². The van der Waals surface area contributed by atoms with Gasteiger partial charge in [0, 0.05) is 19.2 Å². The van der Waals surface area contributed by atoms with Crippen LogP contribution in [0.4, 0.5) is 9.18 Å². The normalized spacial score (nSPS) is 25.4. The number of carboxylic acids is 1. The van der Waals surface area contributed by atoms with Crippen molar-refractivity contribution in [2.75, 3.05) is 26.2 Å². The first-order valence-electron chi connectivity index (χ1n) is 8.16. The first-order valence-corrected chi connectivity index (χ1v) is 8.16. The van der Waals surface area contributed by atoms with Gasteiger partial charge in [0.2, 0.25) is 0 Å². The maximum absolute atomic E-state index is 13.0. The number of nitrogens with one attached hydrogen (secondary N) is 1. The number of hydrogen-bond donors (Lipinski definition) is 2. The van der Waals surface area contributed by atoms with Gasteiger partial charge in [-0.25, -0.2) is 9.18 Å². The minimum Gasteiger partial charge on any atom is -0.492 e. The standard InChI is InChI=1S/C17H21FN2O4/c18-13-4-1-5-14(9-13)24-8-7-19-16(23)20-10-12-3-2-6-17(12,11-20)15(21)22/h1,4-5,9,12H,2-3,6-8,10-11H2,(H,19,23)(H,21,22)/t12-,17+/m0/s1. The van der Waals surface area contributed by atoms with Gasteiger partial charge in [-0.15, -0.1) is 0 Å². The summed E-state index contributed by atoms with van der Waals surface area (Å²) < 4.78 is 18.4. The Kier molecular flexibility index (Phi) is 4.59. The summed E-state index contributed by atoms with van der Waals surface area (Å²) in [6, 6.07) is 5.53. The van der Waals surface area contributed by atoms with Crippen molar-refractivity contribution >= 4 is 12.0 Å². The van der Waals surface area contributed by atoms with Crippen molar-refractivity contribution in [2.45, 2.75) is 19.3 Å². The summed E-state index contributed by atoms with van der Waals surface area (Å²) in [5.41, 5.74) is -0.768. The number of carbonyl (C=O) groups is 2. The second kappa shape index (κ2) is 6.67. The van der Waals surface area contributed by atoms with Crippen LogP contribution < -0.4 is 10.1 Å². The molecule has 2 N–H and O–H groups in total. The number of nitrogens with zero attached hydrogens (tertiary/aromatic N) is 1. The Labute approximate surface area is 139 Å². The van der Waals surface area contributed by atoms with Crippen LogP contribution >= 0.6 is 0 Å². The lowest BCUT2D eigenvalue weighted by Crippen LogP contribution is -2.42. The minimum absolute atomic E-state index is 0.0456. The lowest BCUT2D eigenvalue weighted by Gasteiger charge is -2.23. The van der Waals surface area contributed by atoms with Crippen molar-refractivity contribution < 1.29 is 23.8 Å². The lowest BCUT2D eigenvalue weighted by molar-refractivity contribution is -0.149. The molecule has 2 amide bonds. The number of ether oxygens (including phenoxy) is 1. The molecule has 0 unspecified atom stereocenters. The highest BCUT2D eigenvalue weighted by atomic mass is 19.1. The summed E-state index contributed by atoms with van der Waals surface area (Å²) >= 11 is 0. The lowest BCUT2D eigenvalue weighted by atomic mass is 9.81. The Hall–Kier alpha value is -2.31. The van der Waals surface area contributed by atoms with Gasteiger partial charge in [0.25, 0.3) is 0 Å². The second-order valence-electron chi connectivity index (χ2n) is 6.47. The molecule has 1 aliphatic carbocycles. The summed E-state index contributed by atoms with van der Waals surface area (Å²) in [7, 11) is 0. The van der Waals surface area contributed by atoms with E-state index in [1.54, 1.807) is 17.0 Å². The van der Waals surface area contributed by atoms with Crippen LogP contribution in [0.25, 0.3) is 0 Å². The maximum atomic E-state index is 13.0. The predicted octanol–water partition coefficient (Wildman–Crippen LogP) is 2.10. The maximum Gasteiger partial charge on any atom is 0.317 e. The Morgan fingerprint density at radius 2 is 2.29 bits per heavy atom. The Morgan fingerprint density at radius 3 is 3.00 bits per heavy atom. The van der Waals surface area contributed by atoms with E-state index in [9.17, 15) is 19.1 Å². The molecule has 2 fully saturated rings. The average molecular weight is 336 g/mol. The molecular formula is C17H21FN2O4. The van der Waals surface area contributed by atoms with E-state index in [0.29, 0.717) is 18.7 Å². The van der Waals surface area contributed by atoms with Crippen LogP contribution in [-0.2, 0) is 4.79 Å². The van der Waals surface area contributed by atoms with Crippen LogP contribution in [0.15, 0.2) is 24.3 Å². The zero-order chi connectivity index (χ0) is 17.2. The highest BCUT2D eigenvalue weighted by Gasteiger charge is 2.55. The van der Waals surface area contributed by atoms with E-state index < -0.39 is 11.4 Å². The van der Waals surface area contributed by atoms with Crippen LogP contribution in [-0.4, -0.2) is 48.2 Å². The number of carboxylic acid groups (broad SMARTS) is 1. The van der Waals surface area contributed by atoms with Gasteiger partial charge in [-0.05, 0) is 30.9 Å². The van der Waals surface area contributed by atoms with Crippen molar-refractivity contribution in [3.63, 3.8) is 0 Å². The van der Waals surface area contributed by atoms with Gasteiger partial charge in [-0.2, -0.15) is 0 Å². The SMILES string of the molecule is O=C(NCCOc1cccc(F)c1)N1C[C@@H]2CCC[C@@]2(C(=O)O)C1. The van der Waals surface area contributed by atoms with E-state index in [1.165, 1.54) is 12.1 Å². The molecule has 1 heterocycles. The molecule has 0 spiro atoms. The number of hydrogen-bond acceptors (Lipinski definition) is 3.